The van der Waals surface area contributed by atoms with Crippen LogP contribution in [0.4, 0.5) is 0 Å². The highest BCUT2D eigenvalue weighted by Crippen LogP contribution is 2.37. The van der Waals surface area contributed by atoms with Crippen LogP contribution in [0.1, 0.15) is 102 Å². The normalized spacial score (nSPS) is 19.0. The number of hydrogen-bond donors (Lipinski definition) is 0. The summed E-state index contributed by atoms with van der Waals surface area (Å²) in [5.74, 6) is 3.33. The van der Waals surface area contributed by atoms with Crippen molar-refractivity contribution in [2.75, 3.05) is 6.61 Å². The van der Waals surface area contributed by atoms with Crippen LogP contribution >= 0.6 is 0 Å². The van der Waals surface area contributed by atoms with Gasteiger partial charge in [-0.1, -0.05) is 58.8 Å². The van der Waals surface area contributed by atoms with Crippen molar-refractivity contribution in [3.8, 4) is 17.1 Å². The molecule has 1 saturated carbocycles. The summed E-state index contributed by atoms with van der Waals surface area (Å²) in [6.07, 6.45) is 19.9. The van der Waals surface area contributed by atoms with Crippen molar-refractivity contribution in [1.82, 2.24) is 9.97 Å². The van der Waals surface area contributed by atoms with E-state index in [4.69, 9.17) is 4.74 Å². The van der Waals surface area contributed by atoms with Gasteiger partial charge in [0.15, 0.2) is 5.82 Å². The number of benzene rings is 1. The van der Waals surface area contributed by atoms with Crippen LogP contribution in [-0.2, 0) is 0 Å². The van der Waals surface area contributed by atoms with E-state index in [1.807, 2.05) is 12.1 Å². The molecule has 3 nitrogen and oxygen atoms in total. The second kappa shape index (κ2) is 12.7. The lowest BCUT2D eigenvalue weighted by atomic mass is 9.78. The minimum absolute atomic E-state index is 0.644. The highest BCUT2D eigenvalue weighted by atomic mass is 16.5. The third-order valence-electron chi connectivity index (χ3n) is 6.59. The van der Waals surface area contributed by atoms with E-state index in [2.05, 4.69) is 48.3 Å². The van der Waals surface area contributed by atoms with Crippen molar-refractivity contribution in [3.63, 3.8) is 0 Å². The van der Waals surface area contributed by atoms with Gasteiger partial charge in [-0.15, -0.1) is 0 Å². The van der Waals surface area contributed by atoms with Crippen molar-refractivity contribution < 1.29 is 4.74 Å². The average molecular weight is 409 g/mol. The molecule has 2 aromatic rings. The second-order valence-electron chi connectivity index (χ2n) is 8.99. The van der Waals surface area contributed by atoms with Crippen LogP contribution in [-0.4, -0.2) is 16.6 Å². The van der Waals surface area contributed by atoms with Gasteiger partial charge in [0.2, 0.25) is 0 Å². The number of aromatic nitrogens is 2. The lowest BCUT2D eigenvalue weighted by Crippen LogP contribution is -2.13. The van der Waals surface area contributed by atoms with Crippen LogP contribution in [0.15, 0.2) is 36.7 Å². The Morgan fingerprint density at radius 3 is 2.13 bits per heavy atom. The average Bonchev–Trinajstić information content (AvgIpc) is 2.81. The van der Waals surface area contributed by atoms with Crippen LogP contribution < -0.4 is 4.74 Å². The van der Waals surface area contributed by atoms with E-state index in [0.717, 1.165) is 36.1 Å². The number of rotatable bonds is 12. The number of nitrogens with zero attached hydrogens (tertiary/aromatic N) is 2. The summed E-state index contributed by atoms with van der Waals surface area (Å²) >= 11 is 0. The molecule has 0 saturated heterocycles. The maximum absolute atomic E-state index is 5.87. The van der Waals surface area contributed by atoms with Crippen LogP contribution in [0.2, 0.25) is 0 Å². The predicted octanol–water partition coefficient (Wildman–Crippen LogP) is 7.96. The Morgan fingerprint density at radius 2 is 1.47 bits per heavy atom. The molecule has 1 fully saturated rings. The third-order valence-corrected chi connectivity index (χ3v) is 6.59. The van der Waals surface area contributed by atoms with E-state index in [9.17, 15) is 0 Å². The Bertz CT molecular complexity index is 703. The van der Waals surface area contributed by atoms with Crippen molar-refractivity contribution in [2.45, 2.75) is 96.8 Å². The molecule has 3 heteroatoms. The molecule has 1 heterocycles. The molecule has 0 aliphatic heterocycles. The highest BCUT2D eigenvalue weighted by Gasteiger charge is 2.22. The van der Waals surface area contributed by atoms with Crippen LogP contribution in [0.5, 0.6) is 5.75 Å². The zero-order valence-corrected chi connectivity index (χ0v) is 19.1. The fraction of sp³-hybridized carbons (Fsp3) is 0.630. The molecule has 0 amide bonds. The number of hydrogen-bond acceptors (Lipinski definition) is 3. The van der Waals surface area contributed by atoms with Crippen LogP contribution in [0, 0.1) is 5.92 Å². The number of ether oxygens (including phenoxy) is 1. The lowest BCUT2D eigenvalue weighted by Gasteiger charge is -2.28. The van der Waals surface area contributed by atoms with E-state index in [-0.39, 0.29) is 0 Å². The maximum Gasteiger partial charge on any atom is 0.159 e. The first-order chi connectivity index (χ1) is 14.8. The standard InChI is InChI=1S/C27H40N2O/c1-3-5-7-8-9-19-30-26-17-15-24(16-18-26)27-28-20-25(21-29-27)23-13-11-22(12-14-23)10-6-4-2/h15-18,20-23H,3-14,19H2,1-2H3/t22-,23-. The summed E-state index contributed by atoms with van der Waals surface area (Å²) in [7, 11) is 0. The smallest absolute Gasteiger partial charge is 0.159 e. The molecular weight excluding hydrogens is 368 g/mol. The number of unbranched alkanes of at least 4 members (excludes halogenated alkanes) is 5. The Labute approximate surface area is 183 Å². The Morgan fingerprint density at radius 1 is 0.800 bits per heavy atom. The monoisotopic (exact) mass is 408 g/mol. The molecule has 1 aromatic heterocycles. The van der Waals surface area contributed by atoms with Gasteiger partial charge in [-0.05, 0) is 73.8 Å². The lowest BCUT2D eigenvalue weighted by molar-refractivity contribution is 0.304. The first-order valence-electron chi connectivity index (χ1n) is 12.3. The molecule has 0 radical (unpaired) electrons. The summed E-state index contributed by atoms with van der Waals surface area (Å²) in [5.41, 5.74) is 2.37. The van der Waals surface area contributed by atoms with Gasteiger partial charge in [0.25, 0.3) is 0 Å². The molecule has 164 valence electrons. The summed E-state index contributed by atoms with van der Waals surface area (Å²) in [4.78, 5) is 9.35. The van der Waals surface area contributed by atoms with Crippen LogP contribution in [0.3, 0.4) is 0 Å². The maximum atomic E-state index is 5.87. The van der Waals surface area contributed by atoms with E-state index in [0.29, 0.717) is 5.92 Å². The van der Waals surface area contributed by atoms with Crippen molar-refractivity contribution in [1.29, 1.82) is 0 Å². The Hall–Kier alpha value is -1.90. The molecule has 1 aliphatic rings. The molecule has 0 atom stereocenters. The van der Waals surface area contributed by atoms with Gasteiger partial charge in [0.05, 0.1) is 6.61 Å². The van der Waals surface area contributed by atoms with Crippen molar-refractivity contribution >= 4 is 0 Å². The fourth-order valence-electron chi connectivity index (χ4n) is 4.57. The second-order valence-corrected chi connectivity index (χ2v) is 8.99. The SMILES string of the molecule is CCCCCCCOc1ccc(-c2ncc([C@H]3CC[C@H](CCCC)CC3)cn2)cc1. The quantitative estimate of drug-likeness (QED) is 0.334. The zero-order valence-electron chi connectivity index (χ0n) is 19.1. The molecule has 1 aliphatic carbocycles. The fourth-order valence-corrected chi connectivity index (χ4v) is 4.57. The van der Waals surface area contributed by atoms with E-state index >= 15 is 0 Å². The molecule has 0 bridgehead atoms. The molecule has 0 N–H and O–H groups in total. The largest absolute Gasteiger partial charge is 0.494 e. The summed E-state index contributed by atoms with van der Waals surface area (Å²) < 4.78 is 5.87. The highest BCUT2D eigenvalue weighted by molar-refractivity contribution is 5.56. The molecule has 30 heavy (non-hydrogen) atoms. The van der Waals surface area contributed by atoms with E-state index in [1.54, 1.807) is 0 Å². The van der Waals surface area contributed by atoms with Gasteiger partial charge in [-0.2, -0.15) is 0 Å². The third kappa shape index (κ3) is 7.11. The van der Waals surface area contributed by atoms with Gasteiger partial charge >= 0.3 is 0 Å². The summed E-state index contributed by atoms with van der Waals surface area (Å²) in [6.45, 7) is 5.34. The van der Waals surface area contributed by atoms with Crippen molar-refractivity contribution in [2.24, 2.45) is 5.92 Å². The minimum atomic E-state index is 0.644. The van der Waals surface area contributed by atoms with E-state index in [1.165, 1.54) is 76.2 Å². The Kier molecular flexibility index (Phi) is 9.66. The summed E-state index contributed by atoms with van der Waals surface area (Å²) in [5, 5.41) is 0. The molecule has 0 spiro atoms. The van der Waals surface area contributed by atoms with Gasteiger partial charge in [-0.3, -0.25) is 0 Å². The summed E-state index contributed by atoms with van der Waals surface area (Å²) in [6, 6.07) is 8.22. The first-order valence-corrected chi connectivity index (χ1v) is 12.3. The molecule has 1 aromatic carbocycles. The molecule has 0 unspecified atom stereocenters. The first kappa shape index (κ1) is 22.8. The van der Waals surface area contributed by atoms with Gasteiger partial charge < -0.3 is 4.74 Å². The van der Waals surface area contributed by atoms with E-state index < -0.39 is 0 Å². The van der Waals surface area contributed by atoms with Crippen molar-refractivity contribution in [3.05, 3.63) is 42.2 Å². The topological polar surface area (TPSA) is 35.0 Å². The van der Waals surface area contributed by atoms with Gasteiger partial charge in [-0.25, -0.2) is 9.97 Å². The predicted molar refractivity (Wildman–Crippen MR) is 126 cm³/mol. The van der Waals surface area contributed by atoms with Crippen LogP contribution in [0.25, 0.3) is 11.4 Å². The molecular formula is C27H40N2O. The minimum Gasteiger partial charge on any atom is -0.494 e. The molecule has 3 rings (SSSR count). The Balaban J connectivity index is 1.45. The van der Waals surface area contributed by atoms with Gasteiger partial charge in [0, 0.05) is 18.0 Å². The zero-order chi connectivity index (χ0) is 21.0. The van der Waals surface area contributed by atoms with Gasteiger partial charge in [0.1, 0.15) is 5.75 Å².